The zero-order chi connectivity index (χ0) is 12.1. The van der Waals surface area contributed by atoms with Crippen LogP contribution in [0.4, 0.5) is 8.78 Å². The van der Waals surface area contributed by atoms with Gasteiger partial charge in [-0.15, -0.1) is 0 Å². The van der Waals surface area contributed by atoms with Crippen molar-refractivity contribution in [3.63, 3.8) is 0 Å². The van der Waals surface area contributed by atoms with Crippen LogP contribution in [0.1, 0.15) is 16.7 Å². The molecule has 0 aliphatic heterocycles. The Balaban J connectivity index is 2.43. The molecule has 0 fully saturated rings. The Bertz CT molecular complexity index is 342. The Kier molecular flexibility index (Phi) is 4.83. The molecule has 0 aliphatic rings. The van der Waals surface area contributed by atoms with Gasteiger partial charge in [0.05, 0.1) is 0 Å². The van der Waals surface area contributed by atoms with Crippen molar-refractivity contribution in [2.75, 3.05) is 6.54 Å². The summed E-state index contributed by atoms with van der Waals surface area (Å²) in [6.45, 7) is 4.39. The van der Waals surface area contributed by atoms with E-state index in [0.717, 1.165) is 11.1 Å². The summed E-state index contributed by atoms with van der Waals surface area (Å²) >= 11 is 0. The first-order valence-corrected chi connectivity index (χ1v) is 5.23. The normalized spacial score (nSPS) is 13.1. The third-order valence-corrected chi connectivity index (χ3v) is 2.46. The van der Waals surface area contributed by atoms with E-state index in [9.17, 15) is 8.78 Å². The maximum Gasteiger partial charge on any atom is 0.265 e. The minimum absolute atomic E-state index is 0.0923. The largest absolute Gasteiger partial charge is 0.386 e. The quantitative estimate of drug-likeness (QED) is 0.809. The minimum Gasteiger partial charge on any atom is -0.386 e. The number of nitrogens with one attached hydrogen (secondary N) is 1. The van der Waals surface area contributed by atoms with Crippen molar-refractivity contribution in [1.29, 1.82) is 0 Å². The van der Waals surface area contributed by atoms with Crippen LogP contribution in [-0.4, -0.2) is 24.2 Å². The van der Waals surface area contributed by atoms with Gasteiger partial charge in [0, 0.05) is 13.1 Å². The van der Waals surface area contributed by atoms with E-state index in [2.05, 4.69) is 5.32 Å². The molecule has 0 amide bonds. The predicted molar refractivity (Wildman–Crippen MR) is 59.6 cm³/mol. The Morgan fingerprint density at radius 3 is 2.56 bits per heavy atom. The van der Waals surface area contributed by atoms with E-state index in [1.54, 1.807) is 0 Å². The van der Waals surface area contributed by atoms with E-state index in [1.165, 1.54) is 5.56 Å². The molecule has 0 heterocycles. The fourth-order valence-electron chi connectivity index (χ4n) is 1.49. The first-order valence-electron chi connectivity index (χ1n) is 5.23. The summed E-state index contributed by atoms with van der Waals surface area (Å²) in [5.74, 6) is 0. The molecule has 1 unspecified atom stereocenters. The molecule has 4 heteroatoms. The third-order valence-electron chi connectivity index (χ3n) is 2.46. The second-order valence-corrected chi connectivity index (χ2v) is 3.96. The van der Waals surface area contributed by atoms with Crippen LogP contribution in [-0.2, 0) is 6.54 Å². The minimum atomic E-state index is -2.69. The first-order chi connectivity index (χ1) is 7.50. The van der Waals surface area contributed by atoms with Crippen LogP contribution < -0.4 is 5.32 Å². The van der Waals surface area contributed by atoms with E-state index < -0.39 is 12.5 Å². The van der Waals surface area contributed by atoms with Gasteiger partial charge in [-0.3, -0.25) is 0 Å². The van der Waals surface area contributed by atoms with Crippen molar-refractivity contribution in [3.8, 4) is 0 Å². The lowest BCUT2D eigenvalue weighted by Crippen LogP contribution is -2.31. The van der Waals surface area contributed by atoms with Crippen LogP contribution in [0.2, 0.25) is 0 Å². The molecule has 90 valence electrons. The Morgan fingerprint density at radius 2 is 2.00 bits per heavy atom. The number of aryl methyl sites for hydroxylation is 2. The van der Waals surface area contributed by atoms with Crippen molar-refractivity contribution in [2.24, 2.45) is 0 Å². The van der Waals surface area contributed by atoms with E-state index in [0.29, 0.717) is 6.54 Å². The highest BCUT2D eigenvalue weighted by molar-refractivity contribution is 5.30. The van der Waals surface area contributed by atoms with Gasteiger partial charge in [-0.05, 0) is 25.0 Å². The van der Waals surface area contributed by atoms with Crippen LogP contribution >= 0.6 is 0 Å². The molecule has 1 aromatic rings. The van der Waals surface area contributed by atoms with E-state index in [4.69, 9.17) is 5.11 Å². The molecule has 0 aliphatic carbocycles. The lowest BCUT2D eigenvalue weighted by Gasteiger charge is -2.12. The van der Waals surface area contributed by atoms with Crippen molar-refractivity contribution < 1.29 is 13.9 Å². The SMILES string of the molecule is Cc1ccc(CNCC(O)C(F)F)c(C)c1. The van der Waals surface area contributed by atoms with Crippen molar-refractivity contribution >= 4 is 0 Å². The van der Waals surface area contributed by atoms with E-state index in [-0.39, 0.29) is 6.54 Å². The highest BCUT2D eigenvalue weighted by atomic mass is 19.3. The number of alkyl halides is 2. The molecule has 16 heavy (non-hydrogen) atoms. The number of halogens is 2. The number of hydrogen-bond acceptors (Lipinski definition) is 2. The fourth-order valence-corrected chi connectivity index (χ4v) is 1.49. The summed E-state index contributed by atoms with van der Waals surface area (Å²) in [5, 5.41) is 11.7. The Labute approximate surface area is 94.3 Å². The van der Waals surface area contributed by atoms with Gasteiger partial charge in [-0.25, -0.2) is 8.78 Å². The summed E-state index contributed by atoms with van der Waals surface area (Å²) in [6, 6.07) is 5.99. The third kappa shape index (κ3) is 3.87. The molecular weight excluding hydrogens is 212 g/mol. The lowest BCUT2D eigenvalue weighted by atomic mass is 10.1. The van der Waals surface area contributed by atoms with Crippen LogP contribution in [0, 0.1) is 13.8 Å². The van der Waals surface area contributed by atoms with E-state index >= 15 is 0 Å². The number of rotatable bonds is 5. The molecule has 0 bridgehead atoms. The van der Waals surface area contributed by atoms with Gasteiger partial charge in [0.2, 0.25) is 0 Å². The molecule has 0 aromatic heterocycles. The van der Waals surface area contributed by atoms with Crippen LogP contribution in [0.3, 0.4) is 0 Å². The molecular formula is C12H17F2NO. The van der Waals surface area contributed by atoms with Gasteiger partial charge in [0.1, 0.15) is 6.10 Å². The average Bonchev–Trinajstić information content (AvgIpc) is 2.20. The standard InChI is InChI=1S/C12H17F2NO/c1-8-3-4-10(9(2)5-8)6-15-7-11(16)12(13)14/h3-5,11-12,15-16H,6-7H2,1-2H3. The molecule has 0 spiro atoms. The van der Waals surface area contributed by atoms with Gasteiger partial charge in [-0.1, -0.05) is 23.8 Å². The first kappa shape index (κ1) is 13.1. The highest BCUT2D eigenvalue weighted by Gasteiger charge is 2.15. The number of aliphatic hydroxyl groups excluding tert-OH is 1. The zero-order valence-corrected chi connectivity index (χ0v) is 9.50. The van der Waals surface area contributed by atoms with E-state index in [1.807, 2.05) is 32.0 Å². The second-order valence-electron chi connectivity index (χ2n) is 3.96. The van der Waals surface area contributed by atoms with Gasteiger partial charge < -0.3 is 10.4 Å². The van der Waals surface area contributed by atoms with Crippen LogP contribution in [0.5, 0.6) is 0 Å². The van der Waals surface area contributed by atoms with Crippen LogP contribution in [0.15, 0.2) is 18.2 Å². The van der Waals surface area contributed by atoms with Gasteiger partial charge >= 0.3 is 0 Å². The van der Waals surface area contributed by atoms with Crippen molar-refractivity contribution in [2.45, 2.75) is 32.9 Å². The predicted octanol–water partition coefficient (Wildman–Crippen LogP) is 2.02. The second kappa shape index (κ2) is 5.92. The zero-order valence-electron chi connectivity index (χ0n) is 9.50. The molecule has 2 N–H and O–H groups in total. The van der Waals surface area contributed by atoms with Crippen molar-refractivity contribution in [3.05, 3.63) is 34.9 Å². The smallest absolute Gasteiger partial charge is 0.265 e. The highest BCUT2D eigenvalue weighted by Crippen LogP contribution is 2.10. The summed E-state index contributed by atoms with van der Waals surface area (Å²) in [6.07, 6.45) is -4.28. The molecule has 2 nitrogen and oxygen atoms in total. The molecule has 1 atom stereocenters. The summed E-state index contributed by atoms with van der Waals surface area (Å²) in [4.78, 5) is 0. The average molecular weight is 229 g/mol. The number of benzene rings is 1. The molecule has 1 aromatic carbocycles. The Hall–Kier alpha value is -1.00. The number of aliphatic hydroxyl groups is 1. The monoisotopic (exact) mass is 229 g/mol. The van der Waals surface area contributed by atoms with Gasteiger partial charge in [0.25, 0.3) is 6.43 Å². The molecule has 1 rings (SSSR count). The Morgan fingerprint density at radius 1 is 1.31 bits per heavy atom. The maximum absolute atomic E-state index is 12.0. The van der Waals surface area contributed by atoms with Gasteiger partial charge in [-0.2, -0.15) is 0 Å². The van der Waals surface area contributed by atoms with Crippen molar-refractivity contribution in [1.82, 2.24) is 5.32 Å². The maximum atomic E-state index is 12.0. The molecule has 0 radical (unpaired) electrons. The summed E-state index contributed by atoms with van der Waals surface area (Å²) in [5.41, 5.74) is 3.36. The topological polar surface area (TPSA) is 32.3 Å². The fraction of sp³-hybridized carbons (Fsp3) is 0.500. The molecule has 0 saturated heterocycles. The molecule has 0 saturated carbocycles. The summed E-state index contributed by atoms with van der Waals surface area (Å²) in [7, 11) is 0. The number of hydrogen-bond donors (Lipinski definition) is 2. The van der Waals surface area contributed by atoms with Crippen LogP contribution in [0.25, 0.3) is 0 Å². The van der Waals surface area contributed by atoms with Gasteiger partial charge in [0.15, 0.2) is 0 Å². The lowest BCUT2D eigenvalue weighted by molar-refractivity contribution is -0.00341. The summed E-state index contributed by atoms with van der Waals surface area (Å²) < 4.78 is 24.0.